The highest BCUT2D eigenvalue weighted by atomic mass is 35.5. The van der Waals surface area contributed by atoms with E-state index < -0.39 is 11.8 Å². The van der Waals surface area contributed by atoms with Gasteiger partial charge in [-0.3, -0.25) is 9.59 Å². The van der Waals surface area contributed by atoms with Crippen molar-refractivity contribution >= 4 is 58.1 Å². The van der Waals surface area contributed by atoms with E-state index in [1.54, 1.807) is 48.5 Å². The molecule has 25 heavy (non-hydrogen) atoms. The van der Waals surface area contributed by atoms with Crippen molar-refractivity contribution < 1.29 is 9.59 Å². The van der Waals surface area contributed by atoms with E-state index in [0.717, 1.165) is 11.7 Å². The standard InChI is InChI=1S/C16H10Cl2N4O2S/c17-9-1-5-11(6-2-9)19-15(23)13-14(22-25-21-13)16(24)20-12-7-3-10(18)4-8-12/h1-8H,(H,19,23)(H,20,24). The van der Waals surface area contributed by atoms with Gasteiger partial charge in [-0.2, -0.15) is 8.75 Å². The first kappa shape index (κ1) is 17.3. The molecular formula is C16H10Cl2N4O2S. The second-order valence-corrected chi connectivity index (χ2v) is 6.28. The number of hydrogen-bond acceptors (Lipinski definition) is 5. The Hall–Kier alpha value is -2.48. The summed E-state index contributed by atoms with van der Waals surface area (Å²) in [6, 6.07) is 13.2. The first-order valence-corrected chi connectivity index (χ1v) is 8.48. The third-order valence-electron chi connectivity index (χ3n) is 3.12. The first-order valence-electron chi connectivity index (χ1n) is 6.99. The molecule has 6 nitrogen and oxygen atoms in total. The van der Waals surface area contributed by atoms with Crippen molar-refractivity contribution in [2.45, 2.75) is 0 Å². The first-order chi connectivity index (χ1) is 12.0. The molecule has 9 heteroatoms. The molecule has 3 rings (SSSR count). The quantitative estimate of drug-likeness (QED) is 0.690. The van der Waals surface area contributed by atoms with E-state index in [1.807, 2.05) is 0 Å². The number of halogens is 2. The maximum atomic E-state index is 12.3. The summed E-state index contributed by atoms with van der Waals surface area (Å²) >= 11 is 12.4. The second-order valence-electron chi connectivity index (χ2n) is 4.88. The van der Waals surface area contributed by atoms with Crippen LogP contribution >= 0.6 is 34.9 Å². The molecular weight excluding hydrogens is 383 g/mol. The maximum absolute atomic E-state index is 12.3. The molecule has 0 atom stereocenters. The van der Waals surface area contributed by atoms with Crippen LogP contribution in [0.25, 0.3) is 0 Å². The minimum atomic E-state index is -0.530. The predicted octanol–water partition coefficient (Wildman–Crippen LogP) is 4.35. The topological polar surface area (TPSA) is 84.0 Å². The summed E-state index contributed by atoms with van der Waals surface area (Å²) in [5.74, 6) is -1.06. The zero-order valence-corrected chi connectivity index (χ0v) is 14.8. The lowest BCUT2D eigenvalue weighted by molar-refractivity contribution is 0.0985. The molecule has 3 aromatic rings. The normalized spacial score (nSPS) is 10.3. The van der Waals surface area contributed by atoms with E-state index in [2.05, 4.69) is 19.4 Å². The van der Waals surface area contributed by atoms with Crippen LogP contribution in [0, 0.1) is 0 Å². The van der Waals surface area contributed by atoms with Gasteiger partial charge in [0.05, 0.1) is 11.7 Å². The van der Waals surface area contributed by atoms with Crippen molar-refractivity contribution in [3.63, 3.8) is 0 Å². The van der Waals surface area contributed by atoms with Gasteiger partial charge in [-0.05, 0) is 48.5 Å². The van der Waals surface area contributed by atoms with E-state index in [1.165, 1.54) is 0 Å². The summed E-state index contributed by atoms with van der Waals surface area (Å²) in [7, 11) is 0. The van der Waals surface area contributed by atoms with Crippen molar-refractivity contribution in [1.82, 2.24) is 8.75 Å². The van der Waals surface area contributed by atoms with Gasteiger partial charge in [0.1, 0.15) is 0 Å². The van der Waals surface area contributed by atoms with Gasteiger partial charge >= 0.3 is 0 Å². The van der Waals surface area contributed by atoms with E-state index in [4.69, 9.17) is 23.2 Å². The van der Waals surface area contributed by atoms with Gasteiger partial charge in [-0.15, -0.1) is 0 Å². The lowest BCUT2D eigenvalue weighted by Crippen LogP contribution is -2.20. The molecule has 1 heterocycles. The molecule has 0 saturated heterocycles. The fraction of sp³-hybridized carbons (Fsp3) is 0. The van der Waals surface area contributed by atoms with Crippen LogP contribution in [0.1, 0.15) is 21.0 Å². The zero-order valence-electron chi connectivity index (χ0n) is 12.5. The Labute approximate surface area is 157 Å². The minimum absolute atomic E-state index is 0.0496. The Morgan fingerprint density at radius 2 is 1.08 bits per heavy atom. The van der Waals surface area contributed by atoms with Crippen LogP contribution in [0.15, 0.2) is 48.5 Å². The number of nitrogens with zero attached hydrogens (tertiary/aromatic N) is 2. The van der Waals surface area contributed by atoms with Crippen LogP contribution in [0.2, 0.25) is 10.0 Å². The van der Waals surface area contributed by atoms with Gasteiger partial charge in [0, 0.05) is 21.4 Å². The largest absolute Gasteiger partial charge is 0.321 e. The predicted molar refractivity (Wildman–Crippen MR) is 98.7 cm³/mol. The third-order valence-corrected chi connectivity index (χ3v) is 4.16. The number of amides is 2. The number of carbonyl (C=O) groups excluding carboxylic acids is 2. The Morgan fingerprint density at radius 3 is 1.44 bits per heavy atom. The van der Waals surface area contributed by atoms with Crippen LogP contribution in [0.4, 0.5) is 11.4 Å². The van der Waals surface area contributed by atoms with Crippen LogP contribution < -0.4 is 10.6 Å². The van der Waals surface area contributed by atoms with E-state index >= 15 is 0 Å². The molecule has 0 saturated carbocycles. The Morgan fingerprint density at radius 1 is 0.720 bits per heavy atom. The molecule has 126 valence electrons. The lowest BCUT2D eigenvalue weighted by atomic mass is 10.2. The molecule has 2 N–H and O–H groups in total. The second kappa shape index (κ2) is 7.60. The van der Waals surface area contributed by atoms with E-state index in [-0.39, 0.29) is 11.4 Å². The Balaban J connectivity index is 1.74. The zero-order chi connectivity index (χ0) is 17.8. The molecule has 0 aliphatic carbocycles. The molecule has 0 aliphatic heterocycles. The van der Waals surface area contributed by atoms with Crippen LogP contribution in [0.3, 0.4) is 0 Å². The highest BCUT2D eigenvalue weighted by Gasteiger charge is 2.22. The van der Waals surface area contributed by atoms with Crippen LogP contribution in [-0.2, 0) is 0 Å². The molecule has 0 fully saturated rings. The number of nitrogens with one attached hydrogen (secondary N) is 2. The van der Waals surface area contributed by atoms with Gasteiger partial charge in [-0.25, -0.2) is 0 Å². The summed E-state index contributed by atoms with van der Waals surface area (Å²) in [6.45, 7) is 0. The number of aromatic nitrogens is 2. The summed E-state index contributed by atoms with van der Waals surface area (Å²) < 4.78 is 7.83. The molecule has 0 aliphatic rings. The van der Waals surface area contributed by atoms with Gasteiger partial charge in [0.25, 0.3) is 11.8 Å². The molecule has 0 spiro atoms. The summed E-state index contributed by atoms with van der Waals surface area (Å²) in [4.78, 5) is 24.7. The number of benzene rings is 2. The highest BCUT2D eigenvalue weighted by Crippen LogP contribution is 2.17. The third kappa shape index (κ3) is 4.33. The van der Waals surface area contributed by atoms with Crippen molar-refractivity contribution in [3.05, 3.63) is 70.0 Å². The fourth-order valence-corrected chi connectivity index (χ4v) is 2.73. The Bertz CT molecular complexity index is 837. The van der Waals surface area contributed by atoms with E-state index in [9.17, 15) is 9.59 Å². The smallest absolute Gasteiger partial charge is 0.277 e. The van der Waals surface area contributed by atoms with Gasteiger partial charge in [0.2, 0.25) is 0 Å². The van der Waals surface area contributed by atoms with E-state index in [0.29, 0.717) is 21.4 Å². The van der Waals surface area contributed by atoms with Gasteiger partial charge in [-0.1, -0.05) is 23.2 Å². The minimum Gasteiger partial charge on any atom is -0.321 e. The lowest BCUT2D eigenvalue weighted by Gasteiger charge is -2.06. The fourth-order valence-electron chi connectivity index (χ4n) is 1.93. The summed E-state index contributed by atoms with van der Waals surface area (Å²) in [5, 5.41) is 6.40. The molecule has 0 unspecified atom stereocenters. The van der Waals surface area contributed by atoms with Gasteiger partial charge in [0.15, 0.2) is 11.4 Å². The average molecular weight is 393 g/mol. The molecule has 0 bridgehead atoms. The maximum Gasteiger partial charge on any atom is 0.277 e. The molecule has 2 aromatic carbocycles. The van der Waals surface area contributed by atoms with Crippen molar-refractivity contribution in [2.24, 2.45) is 0 Å². The number of carbonyl (C=O) groups is 2. The number of rotatable bonds is 4. The van der Waals surface area contributed by atoms with Crippen LogP contribution in [-0.4, -0.2) is 20.6 Å². The molecule has 2 amide bonds. The van der Waals surface area contributed by atoms with Crippen molar-refractivity contribution in [3.8, 4) is 0 Å². The Kier molecular flexibility index (Phi) is 5.28. The summed E-state index contributed by atoms with van der Waals surface area (Å²) in [6.07, 6.45) is 0. The summed E-state index contributed by atoms with van der Waals surface area (Å²) in [5.41, 5.74) is 0.968. The van der Waals surface area contributed by atoms with Crippen LogP contribution in [0.5, 0.6) is 0 Å². The van der Waals surface area contributed by atoms with Gasteiger partial charge < -0.3 is 10.6 Å². The SMILES string of the molecule is O=C(Nc1ccc(Cl)cc1)c1nsnc1C(=O)Nc1ccc(Cl)cc1. The van der Waals surface area contributed by atoms with Crippen molar-refractivity contribution in [1.29, 1.82) is 0 Å². The molecule has 0 radical (unpaired) electrons. The molecule has 1 aromatic heterocycles. The number of anilines is 2. The highest BCUT2D eigenvalue weighted by molar-refractivity contribution is 6.99. The van der Waals surface area contributed by atoms with Crippen molar-refractivity contribution in [2.75, 3.05) is 10.6 Å². The average Bonchev–Trinajstić information content (AvgIpc) is 3.09. The number of hydrogen-bond donors (Lipinski definition) is 2. The monoisotopic (exact) mass is 392 g/mol.